The number of rotatable bonds is 4. The maximum Gasteiger partial charge on any atom is 0.255 e. The van der Waals surface area contributed by atoms with E-state index in [0.717, 1.165) is 17.1 Å². The molecule has 0 atom stereocenters. The number of anilines is 1. The predicted molar refractivity (Wildman–Crippen MR) is 102 cm³/mol. The molecular weight excluding hydrogens is 340 g/mol. The molecule has 0 unspecified atom stereocenters. The van der Waals surface area contributed by atoms with Gasteiger partial charge in [0.15, 0.2) is 5.82 Å². The van der Waals surface area contributed by atoms with Gasteiger partial charge in [-0.05, 0) is 62.4 Å². The van der Waals surface area contributed by atoms with Crippen molar-refractivity contribution in [2.45, 2.75) is 13.8 Å². The van der Waals surface area contributed by atoms with E-state index in [0.29, 0.717) is 17.1 Å². The van der Waals surface area contributed by atoms with Crippen molar-refractivity contribution in [3.8, 4) is 11.5 Å². The van der Waals surface area contributed by atoms with Gasteiger partial charge < -0.3 is 5.32 Å². The number of nitrogens with zero attached hydrogens (tertiary/aromatic N) is 5. The Balaban J connectivity index is 1.47. The summed E-state index contributed by atoms with van der Waals surface area (Å²) in [6, 6.07) is 14.8. The normalized spacial score (nSPS) is 10.7. The van der Waals surface area contributed by atoms with Crippen molar-refractivity contribution < 1.29 is 4.79 Å². The number of aryl methyl sites for hydroxylation is 2. The quantitative estimate of drug-likeness (QED) is 0.607. The molecule has 1 N–H and O–H groups in total. The van der Waals surface area contributed by atoms with Crippen LogP contribution < -0.4 is 5.32 Å². The molecule has 0 aliphatic rings. The van der Waals surface area contributed by atoms with E-state index in [2.05, 4.69) is 20.5 Å². The van der Waals surface area contributed by atoms with Crippen molar-refractivity contribution in [2.24, 2.45) is 0 Å². The summed E-state index contributed by atoms with van der Waals surface area (Å²) >= 11 is 0. The van der Waals surface area contributed by atoms with Gasteiger partial charge >= 0.3 is 0 Å². The van der Waals surface area contributed by atoms with Gasteiger partial charge in [0.25, 0.3) is 5.91 Å². The second-order valence-corrected chi connectivity index (χ2v) is 6.20. The number of aromatic nitrogens is 5. The van der Waals surface area contributed by atoms with Crippen LogP contribution in [0.1, 0.15) is 21.7 Å². The van der Waals surface area contributed by atoms with Gasteiger partial charge in [-0.3, -0.25) is 4.79 Å². The third kappa shape index (κ3) is 3.48. The molecule has 3 aromatic heterocycles. The number of carbonyl (C=O) groups is 1. The van der Waals surface area contributed by atoms with Crippen LogP contribution in [-0.2, 0) is 0 Å². The van der Waals surface area contributed by atoms with E-state index >= 15 is 0 Å². The molecule has 134 valence electrons. The summed E-state index contributed by atoms with van der Waals surface area (Å²) in [4.78, 5) is 16.8. The molecule has 4 rings (SSSR count). The summed E-state index contributed by atoms with van der Waals surface area (Å²) in [5.74, 6) is 0.496. The third-order valence-electron chi connectivity index (χ3n) is 4.13. The Morgan fingerprint density at radius 3 is 2.48 bits per heavy atom. The molecule has 3 heterocycles. The number of carbonyl (C=O) groups excluding carboxylic acids is 1. The first-order valence-electron chi connectivity index (χ1n) is 8.51. The van der Waals surface area contributed by atoms with Gasteiger partial charge in [0.05, 0.1) is 23.3 Å². The van der Waals surface area contributed by atoms with Gasteiger partial charge in [0.1, 0.15) is 0 Å². The molecule has 0 aliphatic heterocycles. The number of nitrogens with one attached hydrogen (secondary N) is 1. The predicted octanol–water partition coefficient (Wildman–Crippen LogP) is 3.32. The van der Waals surface area contributed by atoms with E-state index in [-0.39, 0.29) is 5.91 Å². The zero-order chi connectivity index (χ0) is 18.8. The monoisotopic (exact) mass is 358 g/mol. The SMILES string of the molecule is Cc1cc(C)n(-c2ccc(C(=O)Nc3ccc(-n4cccn4)nc3)cc2)n1. The molecule has 0 radical (unpaired) electrons. The van der Waals surface area contributed by atoms with E-state index < -0.39 is 0 Å². The number of benzene rings is 1. The molecule has 0 bridgehead atoms. The largest absolute Gasteiger partial charge is 0.321 e. The third-order valence-corrected chi connectivity index (χ3v) is 4.13. The van der Waals surface area contributed by atoms with Gasteiger partial charge in [0.2, 0.25) is 0 Å². The zero-order valence-electron chi connectivity index (χ0n) is 15.0. The minimum absolute atomic E-state index is 0.191. The first kappa shape index (κ1) is 16.7. The highest BCUT2D eigenvalue weighted by molar-refractivity contribution is 6.04. The molecule has 1 aromatic carbocycles. The van der Waals surface area contributed by atoms with Crippen LogP contribution >= 0.6 is 0 Å². The van der Waals surface area contributed by atoms with Crippen LogP contribution in [0.15, 0.2) is 67.1 Å². The molecule has 7 nitrogen and oxygen atoms in total. The molecule has 1 amide bonds. The number of pyridine rings is 1. The first-order chi connectivity index (χ1) is 13.1. The molecule has 0 spiro atoms. The first-order valence-corrected chi connectivity index (χ1v) is 8.51. The standard InChI is InChI=1S/C20H18N6O/c1-14-12-15(2)26(24-14)18-7-4-16(5-8-18)20(27)23-17-6-9-19(21-13-17)25-11-3-10-22-25/h3-13H,1-2H3,(H,23,27). The fourth-order valence-electron chi connectivity index (χ4n) is 2.85. The van der Waals surface area contributed by atoms with Crippen molar-refractivity contribution in [1.82, 2.24) is 24.5 Å². The highest BCUT2D eigenvalue weighted by Gasteiger charge is 2.09. The molecule has 0 saturated carbocycles. The maximum atomic E-state index is 12.5. The fraction of sp³-hybridized carbons (Fsp3) is 0.100. The smallest absolute Gasteiger partial charge is 0.255 e. The van der Waals surface area contributed by atoms with Crippen molar-refractivity contribution in [3.05, 3.63) is 84.1 Å². The molecule has 0 aliphatic carbocycles. The van der Waals surface area contributed by atoms with E-state index in [9.17, 15) is 4.79 Å². The minimum atomic E-state index is -0.191. The Hall–Kier alpha value is -3.74. The lowest BCUT2D eigenvalue weighted by atomic mass is 10.2. The van der Waals surface area contributed by atoms with Crippen LogP contribution in [0.2, 0.25) is 0 Å². The van der Waals surface area contributed by atoms with Crippen LogP contribution in [0.3, 0.4) is 0 Å². The number of hydrogen-bond donors (Lipinski definition) is 1. The second kappa shape index (κ2) is 6.87. The summed E-state index contributed by atoms with van der Waals surface area (Å²) in [6.45, 7) is 3.96. The zero-order valence-corrected chi connectivity index (χ0v) is 15.0. The topological polar surface area (TPSA) is 77.6 Å². The summed E-state index contributed by atoms with van der Waals surface area (Å²) < 4.78 is 3.51. The Labute approximate surface area is 156 Å². The van der Waals surface area contributed by atoms with Crippen molar-refractivity contribution in [2.75, 3.05) is 5.32 Å². The lowest BCUT2D eigenvalue weighted by Crippen LogP contribution is -2.12. The van der Waals surface area contributed by atoms with Gasteiger partial charge in [-0.2, -0.15) is 10.2 Å². The number of amides is 1. The molecule has 7 heteroatoms. The van der Waals surface area contributed by atoms with E-state index in [4.69, 9.17) is 0 Å². The van der Waals surface area contributed by atoms with Crippen LogP contribution in [0.25, 0.3) is 11.5 Å². The summed E-state index contributed by atoms with van der Waals surface area (Å²) in [5, 5.41) is 11.4. The average Bonchev–Trinajstić information content (AvgIpc) is 3.32. The fourth-order valence-corrected chi connectivity index (χ4v) is 2.85. The molecule has 27 heavy (non-hydrogen) atoms. The number of hydrogen-bond acceptors (Lipinski definition) is 4. The molecule has 0 fully saturated rings. The lowest BCUT2D eigenvalue weighted by Gasteiger charge is -2.08. The summed E-state index contributed by atoms with van der Waals surface area (Å²) in [7, 11) is 0. The van der Waals surface area contributed by atoms with Crippen molar-refractivity contribution >= 4 is 11.6 Å². The van der Waals surface area contributed by atoms with Gasteiger partial charge in [-0.1, -0.05) is 0 Å². The lowest BCUT2D eigenvalue weighted by molar-refractivity contribution is 0.102. The Morgan fingerprint density at radius 2 is 1.89 bits per heavy atom. The van der Waals surface area contributed by atoms with Crippen LogP contribution in [0.5, 0.6) is 0 Å². The summed E-state index contributed by atoms with van der Waals surface area (Å²) in [6.07, 6.45) is 5.11. The molecular formula is C20H18N6O. The van der Waals surface area contributed by atoms with Crippen LogP contribution in [-0.4, -0.2) is 30.5 Å². The Morgan fingerprint density at radius 1 is 1.07 bits per heavy atom. The maximum absolute atomic E-state index is 12.5. The molecule has 0 saturated heterocycles. The Kier molecular flexibility index (Phi) is 4.25. The van der Waals surface area contributed by atoms with Gasteiger partial charge in [-0.25, -0.2) is 14.3 Å². The van der Waals surface area contributed by atoms with Crippen LogP contribution in [0.4, 0.5) is 5.69 Å². The highest BCUT2D eigenvalue weighted by Crippen LogP contribution is 2.15. The average molecular weight is 358 g/mol. The van der Waals surface area contributed by atoms with Crippen molar-refractivity contribution in [3.63, 3.8) is 0 Å². The van der Waals surface area contributed by atoms with Gasteiger partial charge in [-0.15, -0.1) is 0 Å². The second-order valence-electron chi connectivity index (χ2n) is 6.20. The Bertz CT molecular complexity index is 1060. The highest BCUT2D eigenvalue weighted by atomic mass is 16.1. The van der Waals surface area contributed by atoms with E-state index in [1.54, 1.807) is 41.3 Å². The van der Waals surface area contributed by atoms with E-state index in [1.165, 1.54) is 0 Å². The summed E-state index contributed by atoms with van der Waals surface area (Å²) in [5.41, 5.74) is 4.12. The van der Waals surface area contributed by atoms with Gasteiger partial charge in [0, 0.05) is 23.7 Å². The van der Waals surface area contributed by atoms with Crippen LogP contribution in [0, 0.1) is 13.8 Å². The van der Waals surface area contributed by atoms with Crippen molar-refractivity contribution in [1.29, 1.82) is 0 Å². The van der Waals surface area contributed by atoms with E-state index in [1.807, 2.05) is 49.0 Å². The molecule has 4 aromatic rings. The minimum Gasteiger partial charge on any atom is -0.321 e.